The van der Waals surface area contributed by atoms with Gasteiger partial charge in [0.15, 0.2) is 0 Å². The number of hydrogen-bond donors (Lipinski definition) is 2. The molecule has 3 rings (SSSR count). The molecular weight excluding hydrogens is 618 g/mol. The third-order valence-electron chi connectivity index (χ3n) is 6.76. The fraction of sp³-hybridized carbons (Fsp3) is 0.406. The van der Waals surface area contributed by atoms with E-state index in [0.29, 0.717) is 45.9 Å². The van der Waals surface area contributed by atoms with E-state index < -0.39 is 17.8 Å². The molecule has 0 aromatic heterocycles. The number of thioether (sulfide) groups is 1. The molecule has 4 amide bonds. The molecular formula is C32H39N3O10S. The normalized spacial score (nSPS) is 12.7. The number of nitrogens with zero attached hydrogens (tertiary/aromatic N) is 1. The zero-order chi connectivity index (χ0) is 33.5. The van der Waals surface area contributed by atoms with Crippen LogP contribution in [0.4, 0.5) is 5.69 Å². The van der Waals surface area contributed by atoms with Crippen LogP contribution in [-0.4, -0.2) is 69.6 Å². The number of hydroxylamine groups is 2. The first-order chi connectivity index (χ1) is 22.2. The van der Waals surface area contributed by atoms with E-state index in [0.717, 1.165) is 11.1 Å². The molecule has 0 unspecified atom stereocenters. The number of carbonyl (C=O) groups excluding carboxylic acids is 5. The van der Waals surface area contributed by atoms with Crippen molar-refractivity contribution in [3.63, 3.8) is 0 Å². The smallest absolute Gasteiger partial charge is 0.333 e. The highest BCUT2D eigenvalue weighted by molar-refractivity contribution is 8.01. The summed E-state index contributed by atoms with van der Waals surface area (Å²) in [4.78, 5) is 64.3. The van der Waals surface area contributed by atoms with Crippen molar-refractivity contribution < 1.29 is 47.8 Å². The van der Waals surface area contributed by atoms with Gasteiger partial charge in [-0.1, -0.05) is 6.07 Å². The molecule has 2 aromatic rings. The highest BCUT2D eigenvalue weighted by Gasteiger charge is 2.32. The Morgan fingerprint density at radius 2 is 1.48 bits per heavy atom. The van der Waals surface area contributed by atoms with Gasteiger partial charge in [0.05, 0.1) is 39.7 Å². The SMILES string of the molecule is COc1cc(OC)c(/C=C/SCc2ccc(OC)c(NC(=O)CCCNC(=O)CCCC(=O)ON3C(=O)CCC3=O)c2)c(OC)c1. The van der Waals surface area contributed by atoms with Crippen molar-refractivity contribution in [3.05, 3.63) is 46.9 Å². The lowest BCUT2D eigenvalue weighted by atomic mass is 10.1. The number of methoxy groups -OCH3 is 4. The molecule has 1 fully saturated rings. The first kappa shape index (κ1) is 35.8. The maximum Gasteiger partial charge on any atom is 0.333 e. The molecule has 2 N–H and O–H groups in total. The molecule has 0 radical (unpaired) electrons. The van der Waals surface area contributed by atoms with Crippen LogP contribution in [0.25, 0.3) is 6.08 Å². The Kier molecular flexibility index (Phi) is 14.2. The van der Waals surface area contributed by atoms with Crippen molar-refractivity contribution >= 4 is 53.1 Å². The first-order valence-corrected chi connectivity index (χ1v) is 15.6. The predicted molar refractivity (Wildman–Crippen MR) is 171 cm³/mol. The molecule has 248 valence electrons. The average molecular weight is 658 g/mol. The Balaban J connectivity index is 1.40. The number of nitrogens with one attached hydrogen (secondary N) is 2. The van der Waals surface area contributed by atoms with Gasteiger partial charge in [0.1, 0.15) is 23.0 Å². The van der Waals surface area contributed by atoms with Gasteiger partial charge in [-0.25, -0.2) is 4.79 Å². The topological polar surface area (TPSA) is 159 Å². The summed E-state index contributed by atoms with van der Waals surface area (Å²) in [5.74, 6) is 0.645. The number of rotatable bonds is 18. The Morgan fingerprint density at radius 1 is 0.826 bits per heavy atom. The molecule has 2 aromatic carbocycles. The minimum atomic E-state index is -0.752. The van der Waals surface area contributed by atoms with Crippen LogP contribution in [0, 0.1) is 0 Å². The van der Waals surface area contributed by atoms with Gasteiger partial charge in [-0.15, -0.1) is 16.8 Å². The number of hydrogen-bond acceptors (Lipinski definition) is 11. The number of imide groups is 1. The second kappa shape index (κ2) is 18.3. The minimum Gasteiger partial charge on any atom is -0.496 e. The highest BCUT2D eigenvalue weighted by Crippen LogP contribution is 2.36. The second-order valence-electron chi connectivity index (χ2n) is 9.99. The average Bonchev–Trinajstić information content (AvgIpc) is 3.36. The molecule has 46 heavy (non-hydrogen) atoms. The van der Waals surface area contributed by atoms with Crippen LogP contribution in [0.2, 0.25) is 0 Å². The van der Waals surface area contributed by atoms with Crippen molar-refractivity contribution in [1.82, 2.24) is 10.4 Å². The third-order valence-corrected chi connectivity index (χ3v) is 7.59. The molecule has 0 saturated carbocycles. The van der Waals surface area contributed by atoms with Crippen LogP contribution >= 0.6 is 11.8 Å². The number of amides is 4. The van der Waals surface area contributed by atoms with Gasteiger partial charge in [-0.3, -0.25) is 19.2 Å². The molecule has 1 aliphatic heterocycles. The van der Waals surface area contributed by atoms with E-state index in [9.17, 15) is 24.0 Å². The summed E-state index contributed by atoms with van der Waals surface area (Å²) in [6, 6.07) is 9.14. The molecule has 0 bridgehead atoms. The summed E-state index contributed by atoms with van der Waals surface area (Å²) in [7, 11) is 6.27. The van der Waals surface area contributed by atoms with E-state index in [1.54, 1.807) is 51.3 Å². The van der Waals surface area contributed by atoms with Crippen molar-refractivity contribution in [2.24, 2.45) is 0 Å². The third kappa shape index (κ3) is 10.7. The van der Waals surface area contributed by atoms with Crippen molar-refractivity contribution in [2.45, 2.75) is 50.7 Å². The fourth-order valence-corrected chi connectivity index (χ4v) is 5.08. The first-order valence-electron chi connectivity index (χ1n) is 14.6. The Morgan fingerprint density at radius 3 is 2.11 bits per heavy atom. The Hall–Kier alpha value is -4.72. The number of anilines is 1. The van der Waals surface area contributed by atoms with E-state index in [-0.39, 0.29) is 56.9 Å². The van der Waals surface area contributed by atoms with Crippen LogP contribution in [0.5, 0.6) is 23.0 Å². The summed E-state index contributed by atoms with van der Waals surface area (Å²) in [5, 5.41) is 8.01. The lowest BCUT2D eigenvalue weighted by Crippen LogP contribution is -2.32. The van der Waals surface area contributed by atoms with E-state index >= 15 is 0 Å². The molecule has 14 heteroatoms. The zero-order valence-corrected chi connectivity index (χ0v) is 27.2. The number of carbonyl (C=O) groups is 5. The summed E-state index contributed by atoms with van der Waals surface area (Å²) < 4.78 is 21.7. The summed E-state index contributed by atoms with van der Waals surface area (Å²) >= 11 is 1.55. The van der Waals surface area contributed by atoms with Gasteiger partial charge in [0, 0.05) is 56.5 Å². The molecule has 0 atom stereocenters. The minimum absolute atomic E-state index is 0.0172. The van der Waals surface area contributed by atoms with Crippen LogP contribution in [-0.2, 0) is 34.6 Å². The Bertz CT molecular complexity index is 1400. The van der Waals surface area contributed by atoms with Crippen LogP contribution in [0.3, 0.4) is 0 Å². The lowest BCUT2D eigenvalue weighted by molar-refractivity contribution is -0.197. The van der Waals surface area contributed by atoms with E-state index in [1.807, 2.05) is 23.6 Å². The molecule has 1 heterocycles. The monoisotopic (exact) mass is 657 g/mol. The molecule has 1 aliphatic rings. The standard InChI is InChI=1S/C32H39N3O10S/c1-41-22-18-26(43-3)23(27(19-22)44-4)14-16-46-20-21-10-11-25(42-2)24(17-21)34-29(37)8-6-15-33-28(36)7-5-9-32(40)45-35-30(38)12-13-31(35)39/h10-11,14,16-19H,5-9,12-13,15,20H2,1-4H3,(H,33,36)(H,34,37)/b16-14+. The van der Waals surface area contributed by atoms with Crippen molar-refractivity contribution in [3.8, 4) is 23.0 Å². The van der Waals surface area contributed by atoms with Crippen LogP contribution < -0.4 is 29.6 Å². The van der Waals surface area contributed by atoms with Gasteiger partial charge in [0.2, 0.25) is 11.8 Å². The maximum atomic E-state index is 12.6. The van der Waals surface area contributed by atoms with Crippen molar-refractivity contribution in [1.29, 1.82) is 0 Å². The fourth-order valence-electron chi connectivity index (χ4n) is 4.38. The second-order valence-corrected chi connectivity index (χ2v) is 10.9. The van der Waals surface area contributed by atoms with Gasteiger partial charge < -0.3 is 34.4 Å². The predicted octanol–water partition coefficient (Wildman–Crippen LogP) is 4.24. The number of benzene rings is 2. The maximum absolute atomic E-state index is 12.6. The van der Waals surface area contributed by atoms with Crippen molar-refractivity contribution in [2.75, 3.05) is 40.3 Å². The molecule has 1 saturated heterocycles. The summed E-state index contributed by atoms with van der Waals surface area (Å²) in [6.07, 6.45) is 2.64. The molecule has 13 nitrogen and oxygen atoms in total. The number of ether oxygens (including phenoxy) is 4. The van der Waals surface area contributed by atoms with Gasteiger partial charge in [-0.2, -0.15) is 0 Å². The van der Waals surface area contributed by atoms with Crippen LogP contribution in [0.15, 0.2) is 35.7 Å². The van der Waals surface area contributed by atoms with Gasteiger partial charge in [-0.05, 0) is 42.0 Å². The Labute approximate surface area is 271 Å². The van der Waals surface area contributed by atoms with Gasteiger partial charge >= 0.3 is 5.97 Å². The van der Waals surface area contributed by atoms with E-state index in [4.69, 9.17) is 23.8 Å². The summed E-state index contributed by atoms with van der Waals surface area (Å²) in [6.45, 7) is 0.275. The summed E-state index contributed by atoms with van der Waals surface area (Å²) in [5.41, 5.74) is 2.29. The quantitative estimate of drug-likeness (QED) is 0.174. The lowest BCUT2D eigenvalue weighted by Gasteiger charge is -2.13. The molecule has 0 aliphatic carbocycles. The van der Waals surface area contributed by atoms with Gasteiger partial charge in [0.25, 0.3) is 11.8 Å². The van der Waals surface area contributed by atoms with E-state index in [1.165, 1.54) is 7.11 Å². The van der Waals surface area contributed by atoms with E-state index in [2.05, 4.69) is 10.6 Å². The zero-order valence-electron chi connectivity index (χ0n) is 26.3. The largest absolute Gasteiger partial charge is 0.496 e. The highest BCUT2D eigenvalue weighted by atomic mass is 32.2. The van der Waals surface area contributed by atoms with Crippen LogP contribution in [0.1, 0.15) is 56.1 Å². The molecule has 0 spiro atoms.